The van der Waals surface area contributed by atoms with Crippen molar-refractivity contribution < 1.29 is 19.0 Å². The van der Waals surface area contributed by atoms with Crippen LogP contribution in [0.4, 0.5) is 16.2 Å². The lowest BCUT2D eigenvalue weighted by Gasteiger charge is -2.32. The molecule has 1 fully saturated rings. The number of halogens is 1. The molecule has 228 valence electrons. The van der Waals surface area contributed by atoms with Gasteiger partial charge in [-0.05, 0) is 64.1 Å². The van der Waals surface area contributed by atoms with Gasteiger partial charge in [0.2, 0.25) is 0 Å². The summed E-state index contributed by atoms with van der Waals surface area (Å²) >= 11 is 6.65. The van der Waals surface area contributed by atoms with Crippen molar-refractivity contribution in [2.24, 2.45) is 0 Å². The number of nitriles is 1. The smallest absolute Gasteiger partial charge is 0.415 e. The first-order valence-electron chi connectivity index (χ1n) is 14.3. The molecule has 44 heavy (non-hydrogen) atoms. The normalized spacial score (nSPS) is 14.9. The van der Waals surface area contributed by atoms with Crippen LogP contribution in [0.1, 0.15) is 37.1 Å². The van der Waals surface area contributed by atoms with Crippen LogP contribution < -0.4 is 19.5 Å². The molecule has 0 bridgehead atoms. The molecule has 1 amide bonds. The van der Waals surface area contributed by atoms with E-state index < -0.39 is 6.09 Å². The number of amides is 1. The topological polar surface area (TPSA) is 113 Å². The Morgan fingerprint density at radius 2 is 1.95 bits per heavy atom. The monoisotopic (exact) mass is 614 g/mol. The fourth-order valence-corrected chi connectivity index (χ4v) is 5.15. The average molecular weight is 615 g/mol. The molecule has 0 aliphatic carbocycles. The molecule has 1 saturated heterocycles. The molecule has 2 aromatic carbocycles. The molecular weight excluding hydrogens is 580 g/mol. The van der Waals surface area contributed by atoms with E-state index >= 15 is 0 Å². The average Bonchev–Trinajstić information content (AvgIpc) is 3.14. The SMILES string of the molecule is COc1cc2c(Nc3ccc(OCc4ncccc4C)cc3Cl)c(C#N)cnc2cc1OC(=O)N1CCN(C)C(C)(C)CC1. The molecule has 0 atom stereocenters. The Hall–Kier alpha value is -4.59. The molecule has 10 nitrogen and oxygen atoms in total. The second-order valence-electron chi connectivity index (χ2n) is 11.3. The highest BCUT2D eigenvalue weighted by atomic mass is 35.5. The van der Waals surface area contributed by atoms with Crippen molar-refractivity contribution in [2.45, 2.75) is 39.3 Å². The number of aromatic nitrogens is 2. The van der Waals surface area contributed by atoms with Gasteiger partial charge in [-0.2, -0.15) is 5.26 Å². The number of nitrogens with one attached hydrogen (secondary N) is 1. The third kappa shape index (κ3) is 6.64. The number of fused-ring (bicyclic) bond motifs is 1. The predicted octanol–water partition coefficient (Wildman–Crippen LogP) is 6.71. The van der Waals surface area contributed by atoms with Gasteiger partial charge in [-0.1, -0.05) is 17.7 Å². The van der Waals surface area contributed by atoms with Crippen LogP contribution in [0.5, 0.6) is 17.2 Å². The summed E-state index contributed by atoms with van der Waals surface area (Å²) in [4.78, 5) is 26.0. The number of hydrogen-bond donors (Lipinski definition) is 1. The maximum Gasteiger partial charge on any atom is 0.415 e. The largest absolute Gasteiger partial charge is 0.493 e. The van der Waals surface area contributed by atoms with E-state index in [-0.39, 0.29) is 11.3 Å². The van der Waals surface area contributed by atoms with Gasteiger partial charge in [0.1, 0.15) is 18.4 Å². The number of anilines is 2. The number of methoxy groups -OCH3 is 1. The van der Waals surface area contributed by atoms with Crippen LogP contribution in [0, 0.1) is 18.3 Å². The Labute approximate surface area is 262 Å². The van der Waals surface area contributed by atoms with Crippen LogP contribution in [-0.4, -0.2) is 65.2 Å². The van der Waals surface area contributed by atoms with Crippen molar-refractivity contribution in [1.29, 1.82) is 5.26 Å². The number of aryl methyl sites for hydroxylation is 1. The molecule has 1 N–H and O–H groups in total. The van der Waals surface area contributed by atoms with Gasteiger partial charge in [-0.15, -0.1) is 0 Å². The Kier molecular flexibility index (Phi) is 9.09. The summed E-state index contributed by atoms with van der Waals surface area (Å²) in [7, 11) is 3.56. The van der Waals surface area contributed by atoms with Crippen molar-refractivity contribution in [2.75, 3.05) is 39.1 Å². The van der Waals surface area contributed by atoms with E-state index in [2.05, 4.69) is 47.1 Å². The molecule has 3 heterocycles. The standard InChI is InChI=1S/C33H35ClN6O4/c1-21-7-6-11-36-28(21)20-43-23-8-9-26(25(34)15-23)38-31-22(18-35)19-37-27-17-30(29(42-5)16-24(27)31)44-32(41)40-12-10-33(2,3)39(4)13-14-40/h6-9,11,15-17,19H,10,12-14,20H2,1-5H3,(H,37,38). The maximum absolute atomic E-state index is 13.2. The van der Waals surface area contributed by atoms with Gasteiger partial charge in [0, 0.05) is 55.1 Å². The van der Waals surface area contributed by atoms with Crippen LogP contribution >= 0.6 is 11.6 Å². The Bertz CT molecular complexity index is 1740. The lowest BCUT2D eigenvalue weighted by atomic mass is 9.99. The third-order valence-corrected chi connectivity index (χ3v) is 8.47. The van der Waals surface area contributed by atoms with Crippen molar-refractivity contribution in [3.05, 3.63) is 76.7 Å². The minimum atomic E-state index is -0.451. The molecular formula is C33H35ClN6O4. The molecule has 1 aliphatic rings. The minimum Gasteiger partial charge on any atom is -0.493 e. The van der Waals surface area contributed by atoms with Crippen molar-refractivity contribution in [1.82, 2.24) is 19.8 Å². The number of likely N-dealkylation sites (N-methyl/N-ethyl adjacent to an activating group) is 1. The number of benzene rings is 2. The highest BCUT2D eigenvalue weighted by molar-refractivity contribution is 6.33. The fraction of sp³-hybridized carbons (Fsp3) is 0.333. The maximum atomic E-state index is 13.2. The van der Waals surface area contributed by atoms with E-state index in [9.17, 15) is 10.1 Å². The minimum absolute atomic E-state index is 0.0174. The predicted molar refractivity (Wildman–Crippen MR) is 170 cm³/mol. The Balaban J connectivity index is 1.39. The highest BCUT2D eigenvalue weighted by Gasteiger charge is 2.30. The van der Waals surface area contributed by atoms with E-state index in [1.165, 1.54) is 13.3 Å². The third-order valence-electron chi connectivity index (χ3n) is 8.16. The number of hydrogen-bond acceptors (Lipinski definition) is 9. The van der Waals surface area contributed by atoms with Gasteiger partial charge in [-0.3, -0.25) is 14.9 Å². The first-order chi connectivity index (χ1) is 21.1. The number of carbonyl (C=O) groups is 1. The quantitative estimate of drug-likeness (QED) is 0.243. The summed E-state index contributed by atoms with van der Waals surface area (Å²) in [6.07, 6.45) is 3.57. The van der Waals surface area contributed by atoms with E-state index in [0.717, 1.165) is 24.2 Å². The number of ether oxygens (including phenoxy) is 3. The Morgan fingerprint density at radius 3 is 2.68 bits per heavy atom. The molecule has 0 radical (unpaired) electrons. The van der Waals surface area contributed by atoms with E-state index in [1.807, 2.05) is 19.1 Å². The molecule has 2 aromatic heterocycles. The molecule has 0 unspecified atom stereocenters. The van der Waals surface area contributed by atoms with Crippen molar-refractivity contribution in [3.63, 3.8) is 0 Å². The zero-order valence-corrected chi connectivity index (χ0v) is 26.2. The summed E-state index contributed by atoms with van der Waals surface area (Å²) in [5.74, 6) is 1.16. The van der Waals surface area contributed by atoms with Crippen LogP contribution in [0.2, 0.25) is 5.02 Å². The zero-order valence-electron chi connectivity index (χ0n) is 25.5. The molecule has 0 spiro atoms. The fourth-order valence-electron chi connectivity index (χ4n) is 4.93. The van der Waals surface area contributed by atoms with Crippen LogP contribution in [0.25, 0.3) is 10.9 Å². The summed E-state index contributed by atoms with van der Waals surface area (Å²) in [5.41, 5.74) is 3.74. The van der Waals surface area contributed by atoms with Gasteiger partial charge < -0.3 is 24.4 Å². The second-order valence-corrected chi connectivity index (χ2v) is 11.7. The summed E-state index contributed by atoms with van der Waals surface area (Å²) < 4.78 is 17.4. The van der Waals surface area contributed by atoms with Crippen molar-refractivity contribution >= 4 is 40.0 Å². The summed E-state index contributed by atoms with van der Waals surface area (Å²) in [6.45, 7) is 8.50. The zero-order chi connectivity index (χ0) is 31.4. The van der Waals surface area contributed by atoms with Crippen LogP contribution in [0.3, 0.4) is 0 Å². The summed E-state index contributed by atoms with van der Waals surface area (Å²) in [5, 5.41) is 14.2. The molecule has 4 aromatic rings. The highest BCUT2D eigenvalue weighted by Crippen LogP contribution is 2.39. The van der Waals surface area contributed by atoms with Crippen molar-refractivity contribution in [3.8, 4) is 23.3 Å². The van der Waals surface area contributed by atoms with E-state index in [0.29, 0.717) is 64.1 Å². The van der Waals surface area contributed by atoms with Gasteiger partial charge in [-0.25, -0.2) is 4.79 Å². The number of carbonyl (C=O) groups excluding carboxylic acids is 1. The van der Waals surface area contributed by atoms with Gasteiger partial charge in [0.25, 0.3) is 0 Å². The molecule has 5 rings (SSSR count). The number of rotatable bonds is 7. The molecule has 1 aliphatic heterocycles. The van der Waals surface area contributed by atoms with Gasteiger partial charge in [0.15, 0.2) is 11.5 Å². The number of nitrogens with zero attached hydrogens (tertiary/aromatic N) is 5. The number of pyridine rings is 2. The lowest BCUT2D eigenvalue weighted by Crippen LogP contribution is -2.41. The van der Waals surface area contributed by atoms with Gasteiger partial charge in [0.05, 0.1) is 40.3 Å². The van der Waals surface area contributed by atoms with Crippen LogP contribution in [0.15, 0.2) is 54.9 Å². The Morgan fingerprint density at radius 1 is 1.14 bits per heavy atom. The van der Waals surface area contributed by atoms with E-state index in [1.54, 1.807) is 41.4 Å². The first kappa shape index (κ1) is 30.9. The summed E-state index contributed by atoms with van der Waals surface area (Å²) in [6, 6.07) is 14.7. The van der Waals surface area contributed by atoms with Crippen LogP contribution in [-0.2, 0) is 6.61 Å². The van der Waals surface area contributed by atoms with E-state index in [4.69, 9.17) is 25.8 Å². The van der Waals surface area contributed by atoms with Gasteiger partial charge >= 0.3 is 6.09 Å². The lowest BCUT2D eigenvalue weighted by molar-refractivity contribution is 0.152. The molecule has 0 saturated carbocycles. The second kappa shape index (κ2) is 13.0. The molecule has 11 heteroatoms. The first-order valence-corrected chi connectivity index (χ1v) is 14.7.